The average molecular weight is 275 g/mol. The first-order valence-electron chi connectivity index (χ1n) is 5.72. The van der Waals surface area contributed by atoms with Crippen molar-refractivity contribution in [2.75, 3.05) is 0 Å². The maximum Gasteiger partial charge on any atom is 0.179 e. The summed E-state index contributed by atoms with van der Waals surface area (Å²) in [6.45, 7) is 0. The topological polar surface area (TPSA) is 34.1 Å². The van der Waals surface area contributed by atoms with Crippen molar-refractivity contribution in [3.63, 3.8) is 0 Å². The van der Waals surface area contributed by atoms with Crippen molar-refractivity contribution in [2.24, 2.45) is 0 Å². The van der Waals surface area contributed by atoms with Crippen molar-refractivity contribution < 1.29 is 14.0 Å². The molecule has 3 rings (SSSR count). The lowest BCUT2D eigenvalue weighted by Crippen LogP contribution is -2.15. The molecule has 19 heavy (non-hydrogen) atoms. The molecular formula is C15H8ClFO2. The van der Waals surface area contributed by atoms with Crippen molar-refractivity contribution in [1.29, 1.82) is 0 Å². The van der Waals surface area contributed by atoms with E-state index in [0.29, 0.717) is 11.1 Å². The summed E-state index contributed by atoms with van der Waals surface area (Å²) in [5.41, 5.74) is 0.629. The molecule has 94 valence electrons. The number of carbonyl (C=O) groups is 2. The van der Waals surface area contributed by atoms with Gasteiger partial charge in [0.15, 0.2) is 11.6 Å². The maximum absolute atomic E-state index is 13.9. The van der Waals surface area contributed by atoms with Crippen molar-refractivity contribution in [2.45, 2.75) is 5.92 Å². The second-order valence-corrected chi connectivity index (χ2v) is 4.75. The van der Waals surface area contributed by atoms with Gasteiger partial charge in [0.25, 0.3) is 0 Å². The smallest absolute Gasteiger partial charge is 0.179 e. The number of hydrogen-bond donors (Lipinski definition) is 0. The summed E-state index contributed by atoms with van der Waals surface area (Å²) in [6, 6.07) is 10.6. The Morgan fingerprint density at radius 1 is 0.895 bits per heavy atom. The molecule has 0 heterocycles. The number of rotatable bonds is 1. The van der Waals surface area contributed by atoms with E-state index in [1.165, 1.54) is 18.2 Å². The first-order chi connectivity index (χ1) is 9.11. The molecule has 4 heteroatoms. The summed E-state index contributed by atoms with van der Waals surface area (Å²) >= 11 is 5.94. The monoisotopic (exact) mass is 274 g/mol. The van der Waals surface area contributed by atoms with Crippen LogP contribution in [0.15, 0.2) is 42.5 Å². The van der Waals surface area contributed by atoms with Crippen LogP contribution in [0.25, 0.3) is 0 Å². The summed E-state index contributed by atoms with van der Waals surface area (Å²) < 4.78 is 13.9. The van der Waals surface area contributed by atoms with E-state index < -0.39 is 23.3 Å². The van der Waals surface area contributed by atoms with Gasteiger partial charge in [0.1, 0.15) is 11.7 Å². The van der Waals surface area contributed by atoms with Crippen LogP contribution in [0, 0.1) is 5.82 Å². The lowest BCUT2D eigenvalue weighted by molar-refractivity contribution is 0.0888. The first kappa shape index (κ1) is 12.1. The predicted molar refractivity (Wildman–Crippen MR) is 69.3 cm³/mol. The largest absolute Gasteiger partial charge is 0.293 e. The molecule has 0 saturated heterocycles. The molecule has 0 N–H and O–H groups in total. The molecular weight excluding hydrogens is 267 g/mol. The third-order valence-corrected chi connectivity index (χ3v) is 3.60. The van der Waals surface area contributed by atoms with E-state index in [1.54, 1.807) is 24.3 Å². The molecule has 0 atom stereocenters. The van der Waals surface area contributed by atoms with E-state index in [4.69, 9.17) is 11.6 Å². The van der Waals surface area contributed by atoms with Gasteiger partial charge in [-0.05, 0) is 12.1 Å². The van der Waals surface area contributed by atoms with Gasteiger partial charge in [-0.1, -0.05) is 41.9 Å². The van der Waals surface area contributed by atoms with Gasteiger partial charge in [-0.2, -0.15) is 0 Å². The highest BCUT2D eigenvalue weighted by molar-refractivity contribution is 6.35. The van der Waals surface area contributed by atoms with Crippen molar-refractivity contribution in [3.8, 4) is 0 Å². The quantitative estimate of drug-likeness (QED) is 0.744. The minimum atomic E-state index is -1.16. The zero-order valence-corrected chi connectivity index (χ0v) is 10.4. The van der Waals surface area contributed by atoms with E-state index in [9.17, 15) is 14.0 Å². The number of halogens is 2. The third-order valence-electron chi connectivity index (χ3n) is 3.27. The van der Waals surface area contributed by atoms with Crippen LogP contribution in [0.4, 0.5) is 4.39 Å². The summed E-state index contributed by atoms with van der Waals surface area (Å²) in [6.07, 6.45) is 0. The van der Waals surface area contributed by atoms with Crippen LogP contribution in [0.5, 0.6) is 0 Å². The molecule has 0 saturated carbocycles. The van der Waals surface area contributed by atoms with Gasteiger partial charge in [-0.25, -0.2) is 4.39 Å². The van der Waals surface area contributed by atoms with E-state index in [2.05, 4.69) is 0 Å². The average Bonchev–Trinajstić information content (AvgIpc) is 2.64. The van der Waals surface area contributed by atoms with Crippen LogP contribution in [-0.2, 0) is 0 Å². The summed E-state index contributed by atoms with van der Waals surface area (Å²) in [4.78, 5) is 24.5. The molecule has 2 aromatic rings. The van der Waals surface area contributed by atoms with Crippen LogP contribution >= 0.6 is 11.6 Å². The molecule has 0 aliphatic heterocycles. The normalized spacial score (nSPS) is 14.8. The first-order valence-corrected chi connectivity index (χ1v) is 6.10. The number of ketones is 2. The second kappa shape index (κ2) is 4.28. The van der Waals surface area contributed by atoms with E-state index in [-0.39, 0.29) is 10.6 Å². The Bertz CT molecular complexity index is 654. The molecule has 0 unspecified atom stereocenters. The fraction of sp³-hybridized carbons (Fsp3) is 0.0667. The predicted octanol–water partition coefficient (Wildman–Crippen LogP) is 3.64. The fourth-order valence-corrected chi connectivity index (χ4v) is 2.66. The molecule has 2 nitrogen and oxygen atoms in total. The molecule has 0 spiro atoms. The Balaban J connectivity index is 2.20. The summed E-state index contributed by atoms with van der Waals surface area (Å²) in [5.74, 6) is -2.58. The SMILES string of the molecule is O=C1c2ccccc2C(=O)C1c1c(F)cccc1Cl. The fourth-order valence-electron chi connectivity index (χ4n) is 2.39. The van der Waals surface area contributed by atoms with Crippen LogP contribution in [-0.4, -0.2) is 11.6 Å². The number of hydrogen-bond acceptors (Lipinski definition) is 2. The standard InChI is InChI=1S/C15H8ClFO2/c16-10-6-3-7-11(17)12(10)13-14(18)8-4-1-2-5-9(8)15(13)19/h1-7,13H. The highest BCUT2D eigenvalue weighted by atomic mass is 35.5. The Morgan fingerprint density at radius 2 is 1.47 bits per heavy atom. The lowest BCUT2D eigenvalue weighted by atomic mass is 9.94. The van der Waals surface area contributed by atoms with Gasteiger partial charge in [0.05, 0.1) is 0 Å². The molecule has 1 aliphatic carbocycles. The molecule has 0 bridgehead atoms. The van der Waals surface area contributed by atoms with Gasteiger partial charge in [0, 0.05) is 21.7 Å². The maximum atomic E-state index is 13.9. The van der Waals surface area contributed by atoms with E-state index in [0.717, 1.165) is 0 Å². The van der Waals surface area contributed by atoms with Gasteiger partial charge in [0.2, 0.25) is 0 Å². The minimum absolute atomic E-state index is 0.0321. The second-order valence-electron chi connectivity index (χ2n) is 4.34. The zero-order valence-electron chi connectivity index (χ0n) is 9.69. The van der Waals surface area contributed by atoms with Gasteiger partial charge in [-0.15, -0.1) is 0 Å². The number of Topliss-reactive ketones (excluding diaryl/α,β-unsaturated/α-hetero) is 2. The number of carbonyl (C=O) groups excluding carboxylic acids is 2. The zero-order chi connectivity index (χ0) is 13.6. The highest BCUT2D eigenvalue weighted by Gasteiger charge is 2.41. The van der Waals surface area contributed by atoms with Crippen LogP contribution in [0.2, 0.25) is 5.02 Å². The minimum Gasteiger partial charge on any atom is -0.293 e. The van der Waals surface area contributed by atoms with Crippen LogP contribution in [0.3, 0.4) is 0 Å². The Morgan fingerprint density at radius 3 is 2.00 bits per heavy atom. The van der Waals surface area contributed by atoms with Crippen molar-refractivity contribution >= 4 is 23.2 Å². The Hall–Kier alpha value is -2.00. The van der Waals surface area contributed by atoms with Gasteiger partial charge >= 0.3 is 0 Å². The number of benzene rings is 2. The van der Waals surface area contributed by atoms with Gasteiger partial charge in [-0.3, -0.25) is 9.59 Å². The van der Waals surface area contributed by atoms with Crippen molar-refractivity contribution in [3.05, 3.63) is 70.0 Å². The summed E-state index contributed by atoms with van der Waals surface area (Å²) in [7, 11) is 0. The molecule has 0 radical (unpaired) electrons. The van der Waals surface area contributed by atoms with E-state index in [1.807, 2.05) is 0 Å². The van der Waals surface area contributed by atoms with Gasteiger partial charge < -0.3 is 0 Å². The van der Waals surface area contributed by atoms with E-state index >= 15 is 0 Å². The van der Waals surface area contributed by atoms with Crippen LogP contribution < -0.4 is 0 Å². The van der Waals surface area contributed by atoms with Crippen LogP contribution in [0.1, 0.15) is 32.2 Å². The molecule has 1 aliphatic rings. The lowest BCUT2D eigenvalue weighted by Gasteiger charge is -2.10. The molecule has 0 aromatic heterocycles. The highest BCUT2D eigenvalue weighted by Crippen LogP contribution is 2.38. The summed E-state index contributed by atoms with van der Waals surface area (Å²) in [5, 5.41) is 0.0968. The Labute approximate surface area is 113 Å². The molecule has 0 fully saturated rings. The number of fused-ring (bicyclic) bond motifs is 1. The Kier molecular flexibility index (Phi) is 2.72. The third kappa shape index (κ3) is 1.70. The molecule has 0 amide bonds. The van der Waals surface area contributed by atoms with Crippen molar-refractivity contribution in [1.82, 2.24) is 0 Å². The molecule has 2 aromatic carbocycles.